The largest absolute Gasteiger partial charge is 0.388 e. The molecule has 2 fully saturated rings. The van der Waals surface area contributed by atoms with Crippen molar-refractivity contribution < 1.29 is 19.4 Å². The molecule has 2 aliphatic rings. The number of hydrogen-bond donors (Lipinski definition) is 2. The van der Waals surface area contributed by atoms with E-state index in [0.717, 1.165) is 12.8 Å². The number of carbonyl (C=O) groups is 2. The quantitative estimate of drug-likeness (QED) is 0.829. The number of amides is 2. The first-order chi connectivity index (χ1) is 13.1. The molecule has 2 N–H and O–H groups in total. The monoisotopic (exact) mass is 388 g/mol. The molecule has 0 unspecified atom stereocenters. The van der Waals surface area contributed by atoms with Crippen LogP contribution in [0.2, 0.25) is 0 Å². The van der Waals surface area contributed by atoms with Crippen LogP contribution in [0.4, 0.5) is 0 Å². The van der Waals surface area contributed by atoms with Gasteiger partial charge in [0.05, 0.1) is 23.8 Å². The average Bonchev–Trinajstić information content (AvgIpc) is 2.72. The van der Waals surface area contributed by atoms with Gasteiger partial charge in [0.2, 0.25) is 11.8 Å². The maximum absolute atomic E-state index is 12.5. The van der Waals surface area contributed by atoms with Crippen molar-refractivity contribution >= 4 is 11.8 Å². The predicted molar refractivity (Wildman–Crippen MR) is 107 cm³/mol. The van der Waals surface area contributed by atoms with E-state index in [2.05, 4.69) is 24.4 Å². The maximum atomic E-state index is 12.5. The molecule has 0 aliphatic carbocycles. The molecule has 1 aromatic rings. The molecule has 28 heavy (non-hydrogen) atoms. The first-order valence-electron chi connectivity index (χ1n) is 10.1. The van der Waals surface area contributed by atoms with E-state index in [1.54, 1.807) is 11.9 Å². The Morgan fingerprint density at radius 3 is 2.57 bits per heavy atom. The Bertz CT molecular complexity index is 725. The lowest BCUT2D eigenvalue weighted by Gasteiger charge is -2.49. The summed E-state index contributed by atoms with van der Waals surface area (Å²) < 4.78 is 6.49. The molecule has 2 aliphatic heterocycles. The van der Waals surface area contributed by atoms with Crippen LogP contribution in [0.25, 0.3) is 0 Å². The number of carbonyl (C=O) groups excluding carboxylic acids is 2. The minimum absolute atomic E-state index is 0.0590. The number of benzene rings is 1. The van der Waals surface area contributed by atoms with Gasteiger partial charge in [0, 0.05) is 14.0 Å². The summed E-state index contributed by atoms with van der Waals surface area (Å²) in [7, 11) is 1.70. The van der Waals surface area contributed by atoms with Crippen LogP contribution in [0, 0.1) is 0 Å². The minimum Gasteiger partial charge on any atom is -0.388 e. The minimum atomic E-state index is -0.799. The zero-order chi connectivity index (χ0) is 20.5. The van der Waals surface area contributed by atoms with Gasteiger partial charge in [-0.2, -0.15) is 0 Å². The predicted octanol–water partition coefficient (Wildman–Crippen LogP) is 2.22. The Kier molecular flexibility index (Phi) is 5.82. The second-order valence-corrected chi connectivity index (χ2v) is 8.85. The molecule has 5 atom stereocenters. The van der Waals surface area contributed by atoms with Gasteiger partial charge in [-0.3, -0.25) is 9.59 Å². The van der Waals surface area contributed by atoms with Crippen LogP contribution >= 0.6 is 0 Å². The molecule has 2 amide bonds. The number of hydrogen-bond acceptors (Lipinski definition) is 4. The number of fused-ring (bicyclic) bond motifs is 2. The average molecular weight is 389 g/mol. The van der Waals surface area contributed by atoms with Gasteiger partial charge in [-0.25, -0.2) is 0 Å². The van der Waals surface area contributed by atoms with E-state index < -0.39 is 11.7 Å². The van der Waals surface area contributed by atoms with Gasteiger partial charge in [-0.05, 0) is 51.0 Å². The van der Waals surface area contributed by atoms with Gasteiger partial charge >= 0.3 is 0 Å². The topological polar surface area (TPSA) is 78.9 Å². The molecule has 0 saturated carbocycles. The molecule has 6 nitrogen and oxygen atoms in total. The summed E-state index contributed by atoms with van der Waals surface area (Å²) in [5, 5.41) is 13.8. The number of likely N-dealkylation sites (N-methyl/N-ethyl adjacent to an activating group) is 1. The fourth-order valence-electron chi connectivity index (χ4n) is 4.96. The summed E-state index contributed by atoms with van der Waals surface area (Å²) in [5.41, 5.74) is 0.186. The Morgan fingerprint density at radius 1 is 1.25 bits per heavy atom. The summed E-state index contributed by atoms with van der Waals surface area (Å²) in [6.07, 6.45) is 2.24. The number of rotatable bonds is 4. The first-order valence-corrected chi connectivity index (χ1v) is 10.1. The lowest BCUT2D eigenvalue weighted by atomic mass is 9.74. The van der Waals surface area contributed by atoms with E-state index in [-0.39, 0.29) is 30.0 Å². The van der Waals surface area contributed by atoms with E-state index in [4.69, 9.17) is 4.74 Å². The summed E-state index contributed by atoms with van der Waals surface area (Å²) in [6, 6.07) is 10.0. The lowest BCUT2D eigenvalue weighted by Crippen LogP contribution is -2.58. The number of nitrogens with zero attached hydrogens (tertiary/aromatic N) is 1. The van der Waals surface area contributed by atoms with Gasteiger partial charge in [-0.15, -0.1) is 0 Å². The van der Waals surface area contributed by atoms with Crippen LogP contribution in [-0.2, 0) is 14.3 Å². The van der Waals surface area contributed by atoms with Crippen molar-refractivity contribution in [3.8, 4) is 0 Å². The van der Waals surface area contributed by atoms with E-state index >= 15 is 0 Å². The van der Waals surface area contributed by atoms with E-state index in [1.165, 1.54) is 12.5 Å². The molecule has 2 bridgehead atoms. The van der Waals surface area contributed by atoms with Gasteiger partial charge in [-0.1, -0.05) is 30.3 Å². The number of ether oxygens (including phenoxy) is 1. The molecular weight excluding hydrogens is 356 g/mol. The van der Waals surface area contributed by atoms with Crippen molar-refractivity contribution in [2.24, 2.45) is 0 Å². The zero-order valence-corrected chi connectivity index (χ0v) is 17.3. The summed E-state index contributed by atoms with van der Waals surface area (Å²) >= 11 is 0. The second-order valence-electron chi connectivity index (χ2n) is 8.85. The van der Waals surface area contributed by atoms with Gasteiger partial charge < -0.3 is 20.1 Å². The summed E-state index contributed by atoms with van der Waals surface area (Å²) in [4.78, 5) is 25.2. The van der Waals surface area contributed by atoms with Gasteiger partial charge in [0.25, 0.3) is 0 Å². The van der Waals surface area contributed by atoms with Crippen LogP contribution in [0.15, 0.2) is 30.3 Å². The van der Waals surface area contributed by atoms with E-state index in [0.29, 0.717) is 18.8 Å². The Labute approximate surface area is 167 Å². The SMILES string of the molecule is CC(=O)NCC(=O)N(C)[C@H]1CC[C@@]2(C)C[C@H](c3ccccc3)C[C@](C)(O2)[C@@H]1O. The molecule has 0 spiro atoms. The molecular formula is C22H32N2O4. The molecule has 2 saturated heterocycles. The third kappa shape index (κ3) is 4.23. The molecule has 3 rings (SSSR count). The van der Waals surface area contributed by atoms with Crippen LogP contribution in [0.1, 0.15) is 57.9 Å². The van der Waals surface area contributed by atoms with Crippen LogP contribution in [-0.4, -0.2) is 58.8 Å². The van der Waals surface area contributed by atoms with E-state index in [1.807, 2.05) is 25.1 Å². The second kappa shape index (κ2) is 7.84. The molecule has 1 aromatic carbocycles. The number of aliphatic hydroxyl groups excluding tert-OH is 1. The van der Waals surface area contributed by atoms with Crippen molar-refractivity contribution in [2.45, 2.75) is 75.7 Å². The Hall–Kier alpha value is -1.92. The molecule has 0 radical (unpaired) electrons. The van der Waals surface area contributed by atoms with E-state index in [9.17, 15) is 14.7 Å². The van der Waals surface area contributed by atoms with Gasteiger partial charge in [0.1, 0.15) is 6.10 Å². The highest BCUT2D eigenvalue weighted by molar-refractivity contribution is 5.83. The van der Waals surface area contributed by atoms with Crippen LogP contribution in [0.3, 0.4) is 0 Å². The van der Waals surface area contributed by atoms with Crippen molar-refractivity contribution in [2.75, 3.05) is 13.6 Å². The van der Waals surface area contributed by atoms with Crippen molar-refractivity contribution in [3.63, 3.8) is 0 Å². The standard InChI is InChI=1S/C22H32N2O4/c1-15(25)23-14-19(26)24(4)18-10-11-21(2)12-17(16-8-6-5-7-9-16)13-22(3,28-21)20(18)27/h5-9,17-18,20,27H,10-14H2,1-4H3,(H,23,25)/t17-,18-,20+,21-,22-/m0/s1. The molecule has 2 heterocycles. The highest BCUT2D eigenvalue weighted by atomic mass is 16.5. The lowest BCUT2D eigenvalue weighted by molar-refractivity contribution is -0.215. The highest BCUT2D eigenvalue weighted by Gasteiger charge is 2.54. The Balaban J connectivity index is 1.82. The molecule has 6 heteroatoms. The maximum Gasteiger partial charge on any atom is 0.242 e. The third-order valence-electron chi connectivity index (χ3n) is 6.42. The van der Waals surface area contributed by atoms with Crippen molar-refractivity contribution in [1.82, 2.24) is 10.2 Å². The highest BCUT2D eigenvalue weighted by Crippen LogP contribution is 2.50. The zero-order valence-electron chi connectivity index (χ0n) is 17.3. The fourth-order valence-corrected chi connectivity index (χ4v) is 4.96. The molecule has 0 aromatic heterocycles. The van der Waals surface area contributed by atoms with Gasteiger partial charge in [0.15, 0.2) is 0 Å². The first kappa shape index (κ1) is 20.8. The Morgan fingerprint density at radius 2 is 1.93 bits per heavy atom. The normalized spacial score (nSPS) is 35.0. The van der Waals surface area contributed by atoms with Crippen LogP contribution in [0.5, 0.6) is 0 Å². The fraction of sp³-hybridized carbons (Fsp3) is 0.636. The van der Waals surface area contributed by atoms with Crippen molar-refractivity contribution in [1.29, 1.82) is 0 Å². The summed E-state index contributed by atoms with van der Waals surface area (Å²) in [5.74, 6) is -0.143. The van der Waals surface area contributed by atoms with Crippen LogP contribution < -0.4 is 5.32 Å². The number of nitrogens with one attached hydrogen (secondary N) is 1. The third-order valence-corrected chi connectivity index (χ3v) is 6.42. The van der Waals surface area contributed by atoms with Crippen molar-refractivity contribution in [3.05, 3.63) is 35.9 Å². The number of aliphatic hydroxyl groups is 1. The smallest absolute Gasteiger partial charge is 0.242 e. The molecule has 154 valence electrons. The summed E-state index contributed by atoms with van der Waals surface area (Å²) in [6.45, 7) is 5.41.